The summed E-state index contributed by atoms with van der Waals surface area (Å²) < 4.78 is 7.72. The van der Waals surface area contributed by atoms with Crippen molar-refractivity contribution in [2.75, 3.05) is 6.61 Å². The van der Waals surface area contributed by atoms with Crippen LogP contribution in [0.2, 0.25) is 0 Å². The van der Waals surface area contributed by atoms with E-state index in [0.717, 1.165) is 6.42 Å². The topological polar surface area (TPSA) is 30.2 Å². The van der Waals surface area contributed by atoms with Gasteiger partial charge in [0.2, 0.25) is 5.69 Å². The molecule has 0 fully saturated rings. The van der Waals surface area contributed by atoms with Crippen LogP contribution >= 0.6 is 0 Å². The second-order valence-corrected chi connectivity index (χ2v) is 5.32. The second kappa shape index (κ2) is 7.55. The molecular formula is C19H22NO2+. The molecule has 22 heavy (non-hydrogen) atoms. The molecule has 3 nitrogen and oxygen atoms in total. The van der Waals surface area contributed by atoms with E-state index in [0.29, 0.717) is 12.4 Å². The number of hydrogen-bond acceptors (Lipinski definition) is 2. The lowest BCUT2D eigenvalue weighted by molar-refractivity contribution is -0.660. The summed E-state index contributed by atoms with van der Waals surface area (Å²) >= 11 is 0. The Hall–Kier alpha value is -2.42. The highest BCUT2D eigenvalue weighted by molar-refractivity contribution is 5.87. The highest BCUT2D eigenvalue weighted by atomic mass is 16.5. The van der Waals surface area contributed by atoms with Crippen LogP contribution in [0.4, 0.5) is 0 Å². The largest absolute Gasteiger partial charge is 0.498 e. The third kappa shape index (κ3) is 4.29. The normalized spacial score (nSPS) is 11.3. The second-order valence-electron chi connectivity index (χ2n) is 5.32. The Morgan fingerprint density at radius 3 is 2.59 bits per heavy atom. The Morgan fingerprint density at radius 1 is 1.14 bits per heavy atom. The maximum atomic E-state index is 11.0. The molecule has 0 bridgehead atoms. The molecule has 114 valence electrons. The van der Waals surface area contributed by atoms with Crippen molar-refractivity contribution in [1.29, 1.82) is 0 Å². The molecule has 0 aliphatic carbocycles. The van der Waals surface area contributed by atoms with Gasteiger partial charge in [0.05, 0.1) is 12.4 Å². The van der Waals surface area contributed by atoms with Gasteiger partial charge in [0.1, 0.15) is 7.05 Å². The minimum atomic E-state index is 0.00853. The average Bonchev–Trinajstić information content (AvgIpc) is 2.48. The van der Waals surface area contributed by atoms with Gasteiger partial charge in [-0.3, -0.25) is 4.79 Å². The Morgan fingerprint density at radius 2 is 1.86 bits per heavy atom. The molecule has 0 radical (unpaired) electrons. The predicted octanol–water partition coefficient (Wildman–Crippen LogP) is 3.23. The molecule has 0 unspecified atom stereocenters. The van der Waals surface area contributed by atoms with E-state index in [9.17, 15) is 4.79 Å². The van der Waals surface area contributed by atoms with E-state index in [2.05, 4.69) is 22.8 Å². The van der Waals surface area contributed by atoms with Crippen molar-refractivity contribution >= 4 is 5.78 Å². The maximum Gasteiger partial charge on any atom is 0.212 e. The summed E-state index contributed by atoms with van der Waals surface area (Å²) in [4.78, 5) is 11.0. The summed E-state index contributed by atoms with van der Waals surface area (Å²) in [5.74, 6) is 0.671. The van der Waals surface area contributed by atoms with Crippen LogP contribution in [0.1, 0.15) is 19.4 Å². The van der Waals surface area contributed by atoms with Crippen LogP contribution in [0.25, 0.3) is 11.3 Å². The summed E-state index contributed by atoms with van der Waals surface area (Å²) in [6, 6.07) is 14.5. The number of hydrogen-bond donors (Lipinski definition) is 0. The summed E-state index contributed by atoms with van der Waals surface area (Å²) in [6.45, 7) is 3.89. The summed E-state index contributed by atoms with van der Waals surface area (Å²) in [7, 11) is 2.04. The molecule has 2 aromatic rings. The molecule has 0 amide bonds. The lowest BCUT2D eigenvalue weighted by Gasteiger charge is -2.09. The number of nitrogens with zero attached hydrogens (tertiary/aromatic N) is 1. The van der Waals surface area contributed by atoms with Gasteiger partial charge in [0.15, 0.2) is 12.0 Å². The molecule has 0 aliphatic heterocycles. The van der Waals surface area contributed by atoms with E-state index in [-0.39, 0.29) is 5.78 Å². The zero-order chi connectivity index (χ0) is 15.9. The standard InChI is InChI=1S/C19H22NO2/c1-15(21)14-16(2)22-13-11-17-8-4-5-9-18(17)19-10-6-7-12-20(19)3/h4-10,12,14H,11,13H2,1-3H3/q+1/b16-14-. The van der Waals surface area contributed by atoms with E-state index in [1.807, 2.05) is 44.4 Å². The van der Waals surface area contributed by atoms with Gasteiger partial charge in [0, 0.05) is 30.2 Å². The first-order valence-corrected chi connectivity index (χ1v) is 7.42. The van der Waals surface area contributed by atoms with Gasteiger partial charge >= 0.3 is 0 Å². The molecule has 0 aliphatic rings. The third-order valence-corrected chi connectivity index (χ3v) is 3.46. The Balaban J connectivity index is 2.13. The third-order valence-electron chi connectivity index (χ3n) is 3.46. The van der Waals surface area contributed by atoms with Crippen molar-refractivity contribution in [2.24, 2.45) is 7.05 Å². The number of pyridine rings is 1. The van der Waals surface area contributed by atoms with Gasteiger partial charge in [-0.15, -0.1) is 0 Å². The Kier molecular flexibility index (Phi) is 5.48. The number of benzene rings is 1. The first-order valence-electron chi connectivity index (χ1n) is 7.42. The van der Waals surface area contributed by atoms with Crippen molar-refractivity contribution in [1.82, 2.24) is 0 Å². The first-order chi connectivity index (χ1) is 10.6. The SMILES string of the molecule is CC(=O)/C=C(/C)OCCc1ccccc1-c1cccc[n+]1C. The smallest absolute Gasteiger partial charge is 0.212 e. The number of ketones is 1. The zero-order valence-corrected chi connectivity index (χ0v) is 13.4. The molecule has 3 heteroatoms. The fraction of sp³-hybridized carbons (Fsp3) is 0.263. The zero-order valence-electron chi connectivity index (χ0n) is 13.4. The van der Waals surface area contributed by atoms with Gasteiger partial charge in [-0.05, 0) is 31.5 Å². The quantitative estimate of drug-likeness (QED) is 0.465. The van der Waals surface area contributed by atoms with Crippen LogP contribution < -0.4 is 4.57 Å². The van der Waals surface area contributed by atoms with Gasteiger partial charge in [-0.2, -0.15) is 0 Å². The van der Waals surface area contributed by atoms with Crippen LogP contribution in [-0.2, 0) is 23.0 Å². The molecule has 1 aromatic heterocycles. The molecular weight excluding hydrogens is 274 g/mol. The van der Waals surface area contributed by atoms with Gasteiger partial charge < -0.3 is 4.74 Å². The number of carbonyl (C=O) groups is 1. The summed E-state index contributed by atoms with van der Waals surface area (Å²) in [6.07, 6.45) is 4.36. The number of carbonyl (C=O) groups excluding carboxylic acids is 1. The molecule has 0 saturated heterocycles. The average molecular weight is 296 g/mol. The van der Waals surface area contributed by atoms with Crippen LogP contribution in [-0.4, -0.2) is 12.4 Å². The maximum absolute atomic E-state index is 11.0. The van der Waals surface area contributed by atoms with Crippen molar-refractivity contribution in [3.63, 3.8) is 0 Å². The van der Waals surface area contributed by atoms with Crippen molar-refractivity contribution in [2.45, 2.75) is 20.3 Å². The first kappa shape index (κ1) is 16.0. The predicted molar refractivity (Wildman–Crippen MR) is 87.1 cm³/mol. The molecule has 1 aromatic carbocycles. The number of aromatic nitrogens is 1. The fourth-order valence-corrected chi connectivity index (χ4v) is 2.44. The molecule has 0 saturated carbocycles. The van der Waals surface area contributed by atoms with Crippen LogP contribution in [0.5, 0.6) is 0 Å². The van der Waals surface area contributed by atoms with Gasteiger partial charge in [-0.25, -0.2) is 4.57 Å². The summed E-state index contributed by atoms with van der Waals surface area (Å²) in [5.41, 5.74) is 3.62. The Bertz CT molecular complexity index is 689. The van der Waals surface area contributed by atoms with Crippen molar-refractivity contribution in [3.05, 3.63) is 66.1 Å². The molecule has 0 atom stereocenters. The molecule has 0 N–H and O–H groups in total. The van der Waals surface area contributed by atoms with E-state index < -0.39 is 0 Å². The molecule has 0 spiro atoms. The summed E-state index contributed by atoms with van der Waals surface area (Å²) in [5, 5.41) is 0. The lowest BCUT2D eigenvalue weighted by atomic mass is 10.0. The van der Waals surface area contributed by atoms with E-state index in [4.69, 9.17) is 4.74 Å². The van der Waals surface area contributed by atoms with Crippen molar-refractivity contribution in [3.8, 4) is 11.3 Å². The van der Waals surface area contributed by atoms with Crippen LogP contribution in [0.3, 0.4) is 0 Å². The van der Waals surface area contributed by atoms with Crippen LogP contribution in [0.15, 0.2) is 60.5 Å². The highest BCUT2D eigenvalue weighted by Crippen LogP contribution is 2.21. The number of ether oxygens (including phenoxy) is 1. The lowest BCUT2D eigenvalue weighted by Crippen LogP contribution is -2.30. The van der Waals surface area contributed by atoms with Crippen molar-refractivity contribution < 1.29 is 14.1 Å². The Labute approximate surface area is 131 Å². The number of aryl methyl sites for hydroxylation is 1. The minimum Gasteiger partial charge on any atom is -0.498 e. The van der Waals surface area contributed by atoms with Crippen LogP contribution in [0, 0.1) is 0 Å². The highest BCUT2D eigenvalue weighted by Gasteiger charge is 2.12. The fourth-order valence-electron chi connectivity index (χ4n) is 2.44. The van der Waals surface area contributed by atoms with E-state index >= 15 is 0 Å². The number of rotatable bonds is 6. The van der Waals surface area contributed by atoms with Gasteiger partial charge in [-0.1, -0.05) is 18.2 Å². The molecule has 1 heterocycles. The monoisotopic (exact) mass is 296 g/mol. The van der Waals surface area contributed by atoms with E-state index in [1.165, 1.54) is 29.8 Å². The van der Waals surface area contributed by atoms with Gasteiger partial charge in [0.25, 0.3) is 0 Å². The molecule has 2 rings (SSSR count). The minimum absolute atomic E-state index is 0.00853. The number of allylic oxidation sites excluding steroid dienone is 2. The van der Waals surface area contributed by atoms with E-state index in [1.54, 1.807) is 0 Å².